The van der Waals surface area contributed by atoms with Crippen molar-refractivity contribution < 1.29 is 13.2 Å². The first-order chi connectivity index (χ1) is 12.5. The van der Waals surface area contributed by atoms with Crippen LogP contribution in [0.3, 0.4) is 0 Å². The van der Waals surface area contributed by atoms with E-state index < -0.39 is 9.84 Å². The van der Waals surface area contributed by atoms with Crippen molar-refractivity contribution in [1.82, 2.24) is 14.9 Å². The van der Waals surface area contributed by atoms with Crippen LogP contribution in [0.1, 0.15) is 19.3 Å². The van der Waals surface area contributed by atoms with Crippen LogP contribution in [-0.4, -0.2) is 68.9 Å². The summed E-state index contributed by atoms with van der Waals surface area (Å²) in [4.78, 5) is 11.3. The fraction of sp³-hybridized carbons (Fsp3) is 0.556. The Balaban J connectivity index is 1.69. The molecule has 0 unspecified atom stereocenters. The van der Waals surface area contributed by atoms with Gasteiger partial charge in [0.15, 0.2) is 9.84 Å². The molecular weight excluding hydrogens is 352 g/mol. The minimum absolute atomic E-state index is 0.288. The van der Waals surface area contributed by atoms with Crippen molar-refractivity contribution >= 4 is 26.6 Å². The smallest absolute Gasteiger partial charge is 0.175 e. The van der Waals surface area contributed by atoms with Crippen LogP contribution in [0.4, 0.5) is 5.82 Å². The van der Waals surface area contributed by atoms with Crippen LogP contribution in [-0.2, 0) is 14.6 Å². The van der Waals surface area contributed by atoms with Gasteiger partial charge in [-0.15, -0.1) is 0 Å². The van der Waals surface area contributed by atoms with Crippen molar-refractivity contribution in [2.75, 3.05) is 44.9 Å². The number of hydrogen-bond donors (Lipinski definition) is 1. The molecule has 0 atom stereocenters. The molecule has 7 nitrogen and oxygen atoms in total. The maximum atomic E-state index is 11.8. The van der Waals surface area contributed by atoms with Crippen LogP contribution in [0.25, 0.3) is 10.9 Å². The Morgan fingerprint density at radius 2 is 2.04 bits per heavy atom. The van der Waals surface area contributed by atoms with E-state index in [2.05, 4.69) is 20.2 Å². The van der Waals surface area contributed by atoms with Crippen LogP contribution in [0.2, 0.25) is 0 Å². The van der Waals surface area contributed by atoms with Gasteiger partial charge in [0.2, 0.25) is 0 Å². The molecule has 0 spiro atoms. The lowest BCUT2D eigenvalue weighted by atomic mass is 10.0. The van der Waals surface area contributed by atoms with Crippen LogP contribution in [0.15, 0.2) is 29.4 Å². The van der Waals surface area contributed by atoms with Gasteiger partial charge in [0.25, 0.3) is 0 Å². The Labute approximate surface area is 154 Å². The summed E-state index contributed by atoms with van der Waals surface area (Å²) in [7, 11) is -1.53. The summed E-state index contributed by atoms with van der Waals surface area (Å²) in [5.74, 6) is 0.707. The third-order valence-corrected chi connectivity index (χ3v) is 5.90. The van der Waals surface area contributed by atoms with E-state index in [1.165, 1.54) is 12.6 Å². The number of rotatable bonds is 7. The van der Waals surface area contributed by atoms with Gasteiger partial charge >= 0.3 is 0 Å². The van der Waals surface area contributed by atoms with E-state index >= 15 is 0 Å². The first-order valence-corrected chi connectivity index (χ1v) is 10.8. The van der Waals surface area contributed by atoms with Crippen molar-refractivity contribution in [1.29, 1.82) is 0 Å². The van der Waals surface area contributed by atoms with E-state index in [-0.39, 0.29) is 4.90 Å². The van der Waals surface area contributed by atoms with E-state index in [9.17, 15) is 8.42 Å². The zero-order valence-corrected chi connectivity index (χ0v) is 16.1. The van der Waals surface area contributed by atoms with Crippen LogP contribution in [0.5, 0.6) is 0 Å². The molecule has 1 aliphatic heterocycles. The van der Waals surface area contributed by atoms with Crippen LogP contribution in [0, 0.1) is 0 Å². The fourth-order valence-corrected chi connectivity index (χ4v) is 3.96. The molecule has 1 aliphatic rings. The summed E-state index contributed by atoms with van der Waals surface area (Å²) in [6.07, 6.45) is 5.85. The molecule has 0 aliphatic carbocycles. The first kappa shape index (κ1) is 19.0. The van der Waals surface area contributed by atoms with Gasteiger partial charge < -0.3 is 15.0 Å². The van der Waals surface area contributed by atoms with Crippen molar-refractivity contribution in [3.63, 3.8) is 0 Å². The zero-order valence-electron chi connectivity index (χ0n) is 15.3. The number of methoxy groups -OCH3 is 1. The number of ether oxygens (including phenoxy) is 1. The highest BCUT2D eigenvalue weighted by Gasteiger charge is 2.20. The second-order valence-electron chi connectivity index (χ2n) is 6.78. The molecule has 3 rings (SSSR count). The number of likely N-dealkylation sites (tertiary alicyclic amines) is 1. The molecule has 0 bridgehead atoms. The molecule has 1 fully saturated rings. The lowest BCUT2D eigenvalue weighted by Crippen LogP contribution is -2.39. The van der Waals surface area contributed by atoms with Crippen molar-refractivity contribution in [3.05, 3.63) is 24.5 Å². The maximum absolute atomic E-state index is 11.8. The quantitative estimate of drug-likeness (QED) is 0.737. The van der Waals surface area contributed by atoms with E-state index in [0.29, 0.717) is 11.9 Å². The molecule has 1 aromatic carbocycles. The number of sulfone groups is 1. The lowest BCUT2D eigenvalue weighted by Gasteiger charge is -2.32. The summed E-state index contributed by atoms with van der Waals surface area (Å²) in [5.41, 5.74) is 0.743. The second kappa shape index (κ2) is 8.28. The van der Waals surface area contributed by atoms with Crippen molar-refractivity contribution in [3.8, 4) is 0 Å². The summed E-state index contributed by atoms with van der Waals surface area (Å²) >= 11 is 0. The Morgan fingerprint density at radius 1 is 1.27 bits per heavy atom. The lowest BCUT2D eigenvalue weighted by molar-refractivity contribution is 0.159. The van der Waals surface area contributed by atoms with Gasteiger partial charge in [-0.2, -0.15) is 0 Å². The Morgan fingerprint density at radius 3 is 2.73 bits per heavy atom. The standard InChI is InChI=1S/C18H26N4O3S/c1-25-11-3-8-22-9-6-14(7-10-22)21-18-16-12-15(26(2,23)24)4-5-17(16)19-13-20-18/h4-5,12-14H,3,6-11H2,1-2H3,(H,19,20,21). The SMILES string of the molecule is COCCCN1CCC(Nc2ncnc3ccc(S(C)(=O)=O)cc23)CC1. The Kier molecular flexibility index (Phi) is 6.05. The minimum Gasteiger partial charge on any atom is -0.385 e. The first-order valence-electron chi connectivity index (χ1n) is 8.90. The van der Waals surface area contributed by atoms with E-state index in [0.717, 1.165) is 56.4 Å². The van der Waals surface area contributed by atoms with Gasteiger partial charge in [0, 0.05) is 51.0 Å². The number of benzene rings is 1. The van der Waals surface area contributed by atoms with Crippen molar-refractivity contribution in [2.45, 2.75) is 30.2 Å². The molecular formula is C18H26N4O3S. The van der Waals surface area contributed by atoms with E-state index in [4.69, 9.17) is 4.74 Å². The maximum Gasteiger partial charge on any atom is 0.175 e. The normalized spacial score (nSPS) is 16.8. The monoisotopic (exact) mass is 378 g/mol. The van der Waals surface area contributed by atoms with Crippen LogP contribution >= 0.6 is 0 Å². The number of nitrogens with one attached hydrogen (secondary N) is 1. The Bertz CT molecular complexity index is 849. The predicted octanol–water partition coefficient (Wildman–Crippen LogP) is 1.95. The van der Waals surface area contributed by atoms with Gasteiger partial charge in [-0.3, -0.25) is 0 Å². The average molecular weight is 378 g/mol. The van der Waals surface area contributed by atoms with Gasteiger partial charge in [-0.05, 0) is 37.5 Å². The van der Waals surface area contributed by atoms with Gasteiger partial charge in [0.05, 0.1) is 10.4 Å². The predicted molar refractivity (Wildman–Crippen MR) is 102 cm³/mol. The van der Waals surface area contributed by atoms with Gasteiger partial charge in [-0.1, -0.05) is 0 Å². The molecule has 0 amide bonds. The highest BCUT2D eigenvalue weighted by molar-refractivity contribution is 7.90. The Hall–Kier alpha value is -1.77. The summed E-state index contributed by atoms with van der Waals surface area (Å²) in [5, 5.41) is 4.24. The highest BCUT2D eigenvalue weighted by atomic mass is 32.2. The van der Waals surface area contributed by atoms with Gasteiger partial charge in [-0.25, -0.2) is 18.4 Å². The molecule has 0 radical (unpaired) electrons. The topological polar surface area (TPSA) is 84.4 Å². The molecule has 2 heterocycles. The number of aromatic nitrogens is 2. The zero-order chi connectivity index (χ0) is 18.6. The largest absolute Gasteiger partial charge is 0.385 e. The average Bonchev–Trinajstić information content (AvgIpc) is 2.62. The van der Waals surface area contributed by atoms with Gasteiger partial charge in [0.1, 0.15) is 12.1 Å². The minimum atomic E-state index is -3.26. The van der Waals surface area contributed by atoms with E-state index in [1.54, 1.807) is 25.3 Å². The molecule has 1 saturated heterocycles. The fourth-order valence-electron chi connectivity index (χ4n) is 3.31. The highest BCUT2D eigenvalue weighted by Crippen LogP contribution is 2.25. The van der Waals surface area contributed by atoms with Crippen molar-refractivity contribution in [2.24, 2.45) is 0 Å². The molecule has 142 valence electrons. The van der Waals surface area contributed by atoms with Crippen LogP contribution < -0.4 is 5.32 Å². The molecule has 2 aromatic rings. The summed E-state index contributed by atoms with van der Waals surface area (Å²) in [6, 6.07) is 5.31. The molecule has 1 aromatic heterocycles. The molecule has 0 saturated carbocycles. The summed E-state index contributed by atoms with van der Waals surface area (Å²) < 4.78 is 28.8. The summed E-state index contributed by atoms with van der Waals surface area (Å²) in [6.45, 7) is 3.94. The molecule has 1 N–H and O–H groups in total. The third kappa shape index (κ3) is 4.69. The number of fused-ring (bicyclic) bond motifs is 1. The van der Waals surface area contributed by atoms with E-state index in [1.807, 2.05) is 0 Å². The third-order valence-electron chi connectivity index (χ3n) is 4.79. The molecule has 26 heavy (non-hydrogen) atoms. The molecule has 8 heteroatoms. The number of anilines is 1. The second-order valence-corrected chi connectivity index (χ2v) is 8.80. The number of hydrogen-bond acceptors (Lipinski definition) is 7. The number of nitrogens with zero attached hydrogens (tertiary/aromatic N) is 3. The number of piperidine rings is 1.